The van der Waals surface area contributed by atoms with E-state index in [1.807, 2.05) is 31.2 Å². The van der Waals surface area contributed by atoms with Gasteiger partial charge in [0.15, 0.2) is 5.82 Å². The molecule has 0 aliphatic carbocycles. The van der Waals surface area contributed by atoms with Crippen molar-refractivity contribution in [3.63, 3.8) is 0 Å². The zero-order chi connectivity index (χ0) is 23.2. The van der Waals surface area contributed by atoms with Gasteiger partial charge in [0.2, 0.25) is 5.95 Å². The number of ether oxygens (including phenoxy) is 1. The highest BCUT2D eigenvalue weighted by atomic mass is 35.5. The first kappa shape index (κ1) is 23.4. The van der Waals surface area contributed by atoms with Crippen LogP contribution in [-0.4, -0.2) is 54.7 Å². The van der Waals surface area contributed by atoms with E-state index in [2.05, 4.69) is 49.6 Å². The number of nitrogens with one attached hydrogen (secondary N) is 2. The van der Waals surface area contributed by atoms with E-state index in [9.17, 15) is 0 Å². The normalized spacial score (nSPS) is 14.2. The lowest BCUT2D eigenvalue weighted by Gasteiger charge is -2.34. The Bertz CT molecular complexity index is 1070. The molecule has 2 heterocycles. The second kappa shape index (κ2) is 10.9. The number of likely N-dealkylation sites (N-methyl/N-ethyl adjacent to an activating group) is 1. The summed E-state index contributed by atoms with van der Waals surface area (Å²) in [6.07, 6.45) is 2.47. The second-order valence-corrected chi connectivity index (χ2v) is 8.79. The van der Waals surface area contributed by atoms with Crippen LogP contribution >= 0.6 is 23.2 Å². The van der Waals surface area contributed by atoms with Gasteiger partial charge in [0.1, 0.15) is 10.8 Å². The molecule has 4 rings (SSSR count). The van der Waals surface area contributed by atoms with E-state index in [0.717, 1.165) is 44.0 Å². The molecule has 0 radical (unpaired) electrons. The summed E-state index contributed by atoms with van der Waals surface area (Å²) in [5, 5.41) is 7.45. The molecule has 1 aromatic heterocycles. The predicted molar refractivity (Wildman–Crippen MR) is 137 cm³/mol. The molecule has 0 amide bonds. The van der Waals surface area contributed by atoms with Gasteiger partial charge in [0.25, 0.3) is 0 Å². The molecular formula is C24H28Cl2N6O. The average molecular weight is 487 g/mol. The van der Waals surface area contributed by atoms with Crippen molar-refractivity contribution in [1.82, 2.24) is 14.9 Å². The Morgan fingerprint density at radius 2 is 1.67 bits per heavy atom. The first-order valence-electron chi connectivity index (χ1n) is 11.0. The lowest BCUT2D eigenvalue weighted by molar-refractivity contribution is 0.313. The summed E-state index contributed by atoms with van der Waals surface area (Å²) in [6.45, 7) is 6.87. The molecule has 2 N–H and O–H groups in total. The van der Waals surface area contributed by atoms with Crippen LogP contribution in [0.3, 0.4) is 0 Å². The van der Waals surface area contributed by atoms with Crippen molar-refractivity contribution in [2.24, 2.45) is 0 Å². The maximum absolute atomic E-state index is 6.34. The summed E-state index contributed by atoms with van der Waals surface area (Å²) >= 11 is 12.6. The van der Waals surface area contributed by atoms with Crippen molar-refractivity contribution in [1.29, 1.82) is 0 Å². The van der Waals surface area contributed by atoms with Crippen LogP contribution in [0.4, 0.5) is 28.8 Å². The third-order valence-electron chi connectivity index (χ3n) is 5.39. The first-order chi connectivity index (χ1) is 16.0. The van der Waals surface area contributed by atoms with Crippen molar-refractivity contribution in [2.75, 3.05) is 55.4 Å². The van der Waals surface area contributed by atoms with Crippen LogP contribution in [0.5, 0.6) is 5.75 Å². The van der Waals surface area contributed by atoms with Gasteiger partial charge >= 0.3 is 0 Å². The summed E-state index contributed by atoms with van der Waals surface area (Å²) in [6, 6.07) is 13.8. The van der Waals surface area contributed by atoms with Gasteiger partial charge in [-0.3, -0.25) is 0 Å². The van der Waals surface area contributed by atoms with Crippen LogP contribution < -0.4 is 20.3 Å². The third kappa shape index (κ3) is 6.19. The minimum absolute atomic E-state index is 0.414. The molecule has 1 aliphatic rings. The van der Waals surface area contributed by atoms with Gasteiger partial charge in [-0.2, -0.15) is 4.98 Å². The van der Waals surface area contributed by atoms with E-state index >= 15 is 0 Å². The van der Waals surface area contributed by atoms with Gasteiger partial charge in [0.05, 0.1) is 17.8 Å². The standard InChI is InChI=1S/C24H28Cl2N6O/c1-3-14-33-22-15-18(6-9-20(22)25)28-23-21(26)16-27-24(30-23)29-17-4-7-19(8-5-17)32-12-10-31(2)11-13-32/h4-9,15-16H,3,10-14H2,1-2H3,(H2,27,28,29,30). The fourth-order valence-corrected chi connectivity index (χ4v) is 3.82. The number of halogens is 2. The molecule has 174 valence electrons. The van der Waals surface area contributed by atoms with Crippen molar-refractivity contribution >= 4 is 52.0 Å². The number of hydrogen-bond donors (Lipinski definition) is 2. The molecule has 0 spiro atoms. The third-order valence-corrected chi connectivity index (χ3v) is 5.98. The van der Waals surface area contributed by atoms with Crippen molar-refractivity contribution < 1.29 is 4.74 Å². The summed E-state index contributed by atoms with van der Waals surface area (Å²) in [4.78, 5) is 13.6. The lowest BCUT2D eigenvalue weighted by atomic mass is 10.2. The van der Waals surface area contributed by atoms with E-state index in [1.165, 1.54) is 5.69 Å². The van der Waals surface area contributed by atoms with Gasteiger partial charge in [-0.25, -0.2) is 4.98 Å². The van der Waals surface area contributed by atoms with E-state index in [-0.39, 0.29) is 0 Å². The predicted octanol–water partition coefficient (Wildman–Crippen LogP) is 5.81. The van der Waals surface area contributed by atoms with Crippen LogP contribution in [0.2, 0.25) is 10.0 Å². The van der Waals surface area contributed by atoms with Crippen LogP contribution in [0, 0.1) is 0 Å². The lowest BCUT2D eigenvalue weighted by Crippen LogP contribution is -2.44. The topological polar surface area (TPSA) is 65.6 Å². The maximum Gasteiger partial charge on any atom is 0.229 e. The van der Waals surface area contributed by atoms with E-state index in [4.69, 9.17) is 27.9 Å². The van der Waals surface area contributed by atoms with Gasteiger partial charge in [-0.15, -0.1) is 0 Å². The van der Waals surface area contributed by atoms with Gasteiger partial charge < -0.3 is 25.2 Å². The fourth-order valence-electron chi connectivity index (χ4n) is 3.50. The molecule has 0 bridgehead atoms. The zero-order valence-corrected chi connectivity index (χ0v) is 20.3. The minimum Gasteiger partial charge on any atom is -0.492 e. The van der Waals surface area contributed by atoms with Gasteiger partial charge in [-0.1, -0.05) is 30.1 Å². The van der Waals surface area contributed by atoms with E-state index < -0.39 is 0 Å². The summed E-state index contributed by atoms with van der Waals surface area (Å²) in [5.74, 6) is 1.56. The zero-order valence-electron chi connectivity index (χ0n) is 18.8. The molecule has 2 aromatic carbocycles. The Hall–Kier alpha value is -2.74. The Labute approximate surface area is 204 Å². The quantitative estimate of drug-likeness (QED) is 0.416. The number of anilines is 5. The number of nitrogens with zero attached hydrogens (tertiary/aromatic N) is 4. The molecule has 3 aromatic rings. The van der Waals surface area contributed by atoms with Crippen LogP contribution in [-0.2, 0) is 0 Å². The molecule has 9 heteroatoms. The molecule has 33 heavy (non-hydrogen) atoms. The number of benzene rings is 2. The summed E-state index contributed by atoms with van der Waals surface area (Å²) < 4.78 is 5.70. The van der Waals surface area contributed by atoms with Crippen molar-refractivity contribution in [3.05, 3.63) is 58.7 Å². The maximum atomic E-state index is 6.34. The van der Waals surface area contributed by atoms with Crippen LogP contribution in [0.15, 0.2) is 48.7 Å². The molecule has 0 saturated carbocycles. The number of aromatic nitrogens is 2. The molecule has 0 atom stereocenters. The highest BCUT2D eigenvalue weighted by molar-refractivity contribution is 6.33. The van der Waals surface area contributed by atoms with Crippen molar-refractivity contribution in [3.8, 4) is 5.75 Å². The SMILES string of the molecule is CCCOc1cc(Nc2nc(Nc3ccc(N4CCN(C)CC4)cc3)ncc2Cl)ccc1Cl. The van der Waals surface area contributed by atoms with Crippen LogP contribution in [0.1, 0.15) is 13.3 Å². The largest absolute Gasteiger partial charge is 0.492 e. The van der Waals surface area contributed by atoms with Gasteiger partial charge in [-0.05, 0) is 49.9 Å². The Morgan fingerprint density at radius 3 is 2.39 bits per heavy atom. The molecule has 1 aliphatic heterocycles. The number of hydrogen-bond acceptors (Lipinski definition) is 7. The number of rotatable bonds is 8. The van der Waals surface area contributed by atoms with E-state index in [1.54, 1.807) is 12.3 Å². The Morgan fingerprint density at radius 1 is 0.939 bits per heavy atom. The van der Waals surface area contributed by atoms with Crippen LogP contribution in [0.25, 0.3) is 0 Å². The minimum atomic E-state index is 0.414. The smallest absolute Gasteiger partial charge is 0.229 e. The van der Waals surface area contributed by atoms with Crippen molar-refractivity contribution in [2.45, 2.75) is 13.3 Å². The molecule has 1 saturated heterocycles. The molecule has 1 fully saturated rings. The second-order valence-electron chi connectivity index (χ2n) is 7.97. The first-order valence-corrected chi connectivity index (χ1v) is 11.8. The molecular weight excluding hydrogens is 459 g/mol. The highest BCUT2D eigenvalue weighted by Crippen LogP contribution is 2.31. The Kier molecular flexibility index (Phi) is 7.75. The Balaban J connectivity index is 1.44. The van der Waals surface area contributed by atoms with Gasteiger partial charge in [0, 0.05) is 49.3 Å². The summed E-state index contributed by atoms with van der Waals surface area (Å²) in [7, 11) is 2.16. The molecule has 7 nitrogen and oxygen atoms in total. The summed E-state index contributed by atoms with van der Waals surface area (Å²) in [5.41, 5.74) is 2.90. The molecule has 0 unspecified atom stereocenters. The highest BCUT2D eigenvalue weighted by Gasteiger charge is 2.14. The number of piperazine rings is 1. The fraction of sp³-hybridized carbons (Fsp3) is 0.333. The average Bonchev–Trinajstić information content (AvgIpc) is 2.82. The monoisotopic (exact) mass is 486 g/mol. The van der Waals surface area contributed by atoms with E-state index in [0.29, 0.717) is 34.2 Å².